The molecular formula is C16H14N3+. The standard InChI is InChI=1S/C16H14N3/c1-12-5-3-7-14(9-12)19-11-18(2)15-8-4-6-13(10-17)16(15)19/h3-9,11H,1-2H3/q+1. The lowest BCUT2D eigenvalue weighted by atomic mass is 10.2. The average Bonchev–Trinajstić information content (AvgIpc) is 2.76. The third kappa shape index (κ3) is 1.78. The van der Waals surface area contributed by atoms with Gasteiger partial charge in [-0.3, -0.25) is 0 Å². The van der Waals surface area contributed by atoms with Gasteiger partial charge < -0.3 is 0 Å². The molecule has 19 heavy (non-hydrogen) atoms. The minimum Gasteiger partial charge on any atom is -0.232 e. The first-order valence-corrected chi connectivity index (χ1v) is 6.17. The molecule has 0 spiro atoms. The Kier molecular flexibility index (Phi) is 2.57. The lowest BCUT2D eigenvalue weighted by Gasteiger charge is -1.99. The van der Waals surface area contributed by atoms with Crippen LogP contribution in [0.4, 0.5) is 0 Å². The maximum absolute atomic E-state index is 9.30. The monoisotopic (exact) mass is 248 g/mol. The van der Waals surface area contributed by atoms with Crippen molar-refractivity contribution in [3.8, 4) is 11.8 Å². The Morgan fingerprint density at radius 3 is 2.68 bits per heavy atom. The topological polar surface area (TPSA) is 32.6 Å². The van der Waals surface area contributed by atoms with Gasteiger partial charge in [0.05, 0.1) is 7.05 Å². The molecule has 0 saturated carbocycles. The van der Waals surface area contributed by atoms with Crippen LogP contribution in [0.1, 0.15) is 11.1 Å². The quantitative estimate of drug-likeness (QED) is 0.609. The Labute approximate surface area is 112 Å². The number of imidazole rings is 1. The Balaban J connectivity index is 2.39. The molecule has 0 atom stereocenters. The third-order valence-corrected chi connectivity index (χ3v) is 3.32. The van der Waals surface area contributed by atoms with Crippen LogP contribution in [0, 0.1) is 18.3 Å². The maximum Gasteiger partial charge on any atom is 0.249 e. The van der Waals surface area contributed by atoms with Crippen molar-refractivity contribution in [2.45, 2.75) is 6.92 Å². The van der Waals surface area contributed by atoms with Crippen LogP contribution in [0.25, 0.3) is 16.7 Å². The second-order valence-corrected chi connectivity index (χ2v) is 4.72. The Hall–Kier alpha value is -2.60. The molecule has 0 radical (unpaired) electrons. The van der Waals surface area contributed by atoms with E-state index >= 15 is 0 Å². The smallest absolute Gasteiger partial charge is 0.232 e. The highest BCUT2D eigenvalue weighted by Gasteiger charge is 2.18. The normalized spacial score (nSPS) is 10.6. The molecule has 0 aliphatic carbocycles. The van der Waals surface area contributed by atoms with Crippen LogP contribution < -0.4 is 4.57 Å². The molecular weight excluding hydrogens is 234 g/mol. The molecule has 2 aromatic carbocycles. The van der Waals surface area contributed by atoms with Crippen LogP contribution in [-0.2, 0) is 7.05 Å². The zero-order valence-corrected chi connectivity index (χ0v) is 11.0. The SMILES string of the molecule is Cc1cccc(-n2c[n+](C)c3cccc(C#N)c32)c1. The van der Waals surface area contributed by atoms with Gasteiger partial charge in [0.15, 0.2) is 11.0 Å². The van der Waals surface area contributed by atoms with Crippen LogP contribution in [-0.4, -0.2) is 4.57 Å². The fourth-order valence-corrected chi connectivity index (χ4v) is 2.43. The van der Waals surface area contributed by atoms with Gasteiger partial charge in [0.1, 0.15) is 17.3 Å². The molecule has 0 unspecified atom stereocenters. The summed E-state index contributed by atoms with van der Waals surface area (Å²) in [4.78, 5) is 0. The number of rotatable bonds is 1. The van der Waals surface area contributed by atoms with Crippen molar-refractivity contribution in [3.05, 3.63) is 59.9 Å². The number of nitriles is 1. The van der Waals surface area contributed by atoms with Gasteiger partial charge in [-0.05, 0) is 36.8 Å². The van der Waals surface area contributed by atoms with Crippen molar-refractivity contribution >= 4 is 11.0 Å². The van der Waals surface area contributed by atoms with E-state index in [-0.39, 0.29) is 0 Å². The van der Waals surface area contributed by atoms with Gasteiger partial charge in [-0.15, -0.1) is 0 Å². The van der Waals surface area contributed by atoms with Crippen LogP contribution in [0.2, 0.25) is 0 Å². The Morgan fingerprint density at radius 2 is 1.95 bits per heavy atom. The second-order valence-electron chi connectivity index (χ2n) is 4.72. The molecule has 3 heteroatoms. The van der Waals surface area contributed by atoms with Gasteiger partial charge >= 0.3 is 0 Å². The van der Waals surface area contributed by atoms with Crippen LogP contribution in [0.3, 0.4) is 0 Å². The van der Waals surface area contributed by atoms with Gasteiger partial charge in [0.2, 0.25) is 6.33 Å². The van der Waals surface area contributed by atoms with E-state index in [4.69, 9.17) is 0 Å². The Bertz CT molecular complexity index is 806. The van der Waals surface area contributed by atoms with E-state index in [1.807, 2.05) is 42.2 Å². The first-order valence-electron chi connectivity index (χ1n) is 6.17. The van der Waals surface area contributed by atoms with Crippen molar-refractivity contribution < 1.29 is 4.57 Å². The highest BCUT2D eigenvalue weighted by Crippen LogP contribution is 2.20. The molecule has 1 aromatic heterocycles. The van der Waals surface area contributed by atoms with E-state index < -0.39 is 0 Å². The van der Waals surface area contributed by atoms with Crippen LogP contribution in [0.15, 0.2) is 48.8 Å². The van der Waals surface area contributed by atoms with E-state index in [1.165, 1.54) is 5.56 Å². The molecule has 0 amide bonds. The van der Waals surface area contributed by atoms with Gasteiger partial charge in [0, 0.05) is 0 Å². The molecule has 0 N–H and O–H groups in total. The second kappa shape index (κ2) is 4.25. The van der Waals surface area contributed by atoms with Crippen molar-refractivity contribution in [2.24, 2.45) is 7.05 Å². The molecule has 0 aliphatic rings. The zero-order chi connectivity index (χ0) is 13.4. The third-order valence-electron chi connectivity index (χ3n) is 3.32. The summed E-state index contributed by atoms with van der Waals surface area (Å²) in [5.74, 6) is 0. The molecule has 0 fully saturated rings. The molecule has 3 nitrogen and oxygen atoms in total. The van der Waals surface area contributed by atoms with Gasteiger partial charge in [0.25, 0.3) is 0 Å². The fraction of sp³-hybridized carbons (Fsp3) is 0.125. The summed E-state index contributed by atoms with van der Waals surface area (Å²) in [5.41, 5.74) is 4.99. The predicted molar refractivity (Wildman–Crippen MR) is 73.9 cm³/mol. The van der Waals surface area contributed by atoms with E-state index in [0.29, 0.717) is 5.56 Å². The molecule has 92 valence electrons. The van der Waals surface area contributed by atoms with E-state index in [0.717, 1.165) is 16.7 Å². The van der Waals surface area contributed by atoms with Gasteiger partial charge in [-0.1, -0.05) is 18.2 Å². The minimum absolute atomic E-state index is 0.694. The molecule has 3 rings (SSSR count). The number of benzene rings is 2. The highest BCUT2D eigenvalue weighted by molar-refractivity contribution is 5.80. The fourth-order valence-electron chi connectivity index (χ4n) is 2.43. The minimum atomic E-state index is 0.694. The highest BCUT2D eigenvalue weighted by atomic mass is 15.1. The summed E-state index contributed by atoms with van der Waals surface area (Å²) in [6.45, 7) is 2.07. The van der Waals surface area contributed by atoms with Crippen molar-refractivity contribution in [3.63, 3.8) is 0 Å². The lowest BCUT2D eigenvalue weighted by Crippen LogP contribution is -2.25. The number of aryl methyl sites for hydroxylation is 2. The van der Waals surface area contributed by atoms with Crippen LogP contribution >= 0.6 is 0 Å². The molecule has 0 bridgehead atoms. The van der Waals surface area contributed by atoms with Gasteiger partial charge in [-0.2, -0.15) is 9.83 Å². The van der Waals surface area contributed by atoms with Gasteiger partial charge in [-0.25, -0.2) is 4.57 Å². The summed E-state index contributed by atoms with van der Waals surface area (Å²) in [6.07, 6.45) is 2.01. The number of hydrogen-bond donors (Lipinski definition) is 0. The summed E-state index contributed by atoms with van der Waals surface area (Å²) in [7, 11) is 2.00. The average molecular weight is 248 g/mol. The molecule has 3 aromatic rings. The van der Waals surface area contributed by atoms with Crippen LogP contribution in [0.5, 0.6) is 0 Å². The number of para-hydroxylation sites is 1. The summed E-state index contributed by atoms with van der Waals surface area (Å²) >= 11 is 0. The first kappa shape index (κ1) is 11.5. The summed E-state index contributed by atoms with van der Waals surface area (Å²) in [5, 5.41) is 9.30. The molecule has 1 heterocycles. The summed E-state index contributed by atoms with van der Waals surface area (Å²) < 4.78 is 4.11. The number of nitrogens with zero attached hydrogens (tertiary/aromatic N) is 3. The number of hydrogen-bond acceptors (Lipinski definition) is 1. The number of fused-ring (bicyclic) bond motifs is 1. The zero-order valence-electron chi connectivity index (χ0n) is 11.0. The lowest BCUT2D eigenvalue weighted by molar-refractivity contribution is -0.645. The predicted octanol–water partition coefficient (Wildman–Crippen LogP) is 2.64. The molecule has 0 saturated heterocycles. The molecule has 0 aliphatic heterocycles. The largest absolute Gasteiger partial charge is 0.249 e. The van der Waals surface area contributed by atoms with Crippen molar-refractivity contribution in [1.29, 1.82) is 5.26 Å². The van der Waals surface area contributed by atoms with E-state index in [2.05, 4.69) is 35.8 Å². The van der Waals surface area contributed by atoms with E-state index in [9.17, 15) is 5.26 Å². The van der Waals surface area contributed by atoms with Crippen molar-refractivity contribution in [2.75, 3.05) is 0 Å². The van der Waals surface area contributed by atoms with Crippen molar-refractivity contribution in [1.82, 2.24) is 4.57 Å². The first-order chi connectivity index (χ1) is 9.20. The maximum atomic E-state index is 9.30. The van der Waals surface area contributed by atoms with E-state index in [1.54, 1.807) is 0 Å². The summed E-state index contributed by atoms with van der Waals surface area (Å²) in [6, 6.07) is 16.4. The number of aromatic nitrogens is 2. The Morgan fingerprint density at radius 1 is 1.16 bits per heavy atom.